The number of benzene rings is 2. The third-order valence-electron chi connectivity index (χ3n) is 8.83. The molecule has 0 spiro atoms. The molecule has 1 saturated heterocycles. The quantitative estimate of drug-likeness (QED) is 0.119. The molecule has 4 heterocycles. The van der Waals surface area contributed by atoms with Gasteiger partial charge in [-0.2, -0.15) is 25.0 Å². The lowest BCUT2D eigenvalue weighted by atomic mass is 9.91. The summed E-state index contributed by atoms with van der Waals surface area (Å²) in [4.78, 5) is 24.2. The van der Waals surface area contributed by atoms with Crippen LogP contribution in [-0.2, 0) is 16.1 Å². The molecule has 7 rings (SSSR count). The van der Waals surface area contributed by atoms with E-state index in [-0.39, 0.29) is 31.0 Å². The van der Waals surface area contributed by atoms with Crippen LogP contribution in [0.4, 0.5) is 11.8 Å². The van der Waals surface area contributed by atoms with Gasteiger partial charge in [-0.05, 0) is 36.8 Å². The molecule has 0 amide bonds. The van der Waals surface area contributed by atoms with E-state index in [4.69, 9.17) is 30.3 Å². The van der Waals surface area contributed by atoms with E-state index in [9.17, 15) is 10.2 Å². The number of nitrogens with two attached hydrogens (primary N) is 1. The summed E-state index contributed by atoms with van der Waals surface area (Å²) in [7, 11) is 0. The van der Waals surface area contributed by atoms with Crippen LogP contribution in [0.2, 0.25) is 0 Å². The lowest BCUT2D eigenvalue weighted by molar-refractivity contribution is -0.122. The highest BCUT2D eigenvalue weighted by Crippen LogP contribution is 2.34. The van der Waals surface area contributed by atoms with Gasteiger partial charge in [-0.25, -0.2) is 4.98 Å². The van der Waals surface area contributed by atoms with Gasteiger partial charge in [-0.1, -0.05) is 60.7 Å². The topological polar surface area (TPSA) is 211 Å². The molecule has 15 heteroatoms. The zero-order chi connectivity index (χ0) is 33.5. The molecule has 15 nitrogen and oxygen atoms in total. The molecular formula is C33H40N10O5. The number of anilines is 2. The van der Waals surface area contributed by atoms with E-state index in [0.29, 0.717) is 29.5 Å². The fourth-order valence-electron chi connectivity index (χ4n) is 6.34. The fourth-order valence-corrected chi connectivity index (χ4v) is 6.34. The molecule has 7 N–H and O–H groups in total. The Labute approximate surface area is 276 Å². The number of nitrogens with one attached hydrogen (secondary N) is 2. The Kier molecular flexibility index (Phi) is 10.5. The predicted octanol–water partition coefficient (Wildman–Crippen LogP) is 2.36. The molecule has 0 bridgehead atoms. The van der Waals surface area contributed by atoms with E-state index in [1.807, 2.05) is 36.4 Å². The number of aliphatic hydroxyl groups is 2. The Morgan fingerprint density at radius 2 is 1.56 bits per heavy atom. The van der Waals surface area contributed by atoms with Gasteiger partial charge in [-0.3, -0.25) is 9.36 Å². The van der Waals surface area contributed by atoms with Crippen LogP contribution in [0, 0.1) is 0 Å². The van der Waals surface area contributed by atoms with Gasteiger partial charge in [0.2, 0.25) is 5.95 Å². The molecule has 2 aliphatic rings. The first-order valence-corrected chi connectivity index (χ1v) is 16.0. The van der Waals surface area contributed by atoms with E-state index in [1.54, 1.807) is 23.3 Å². The van der Waals surface area contributed by atoms with E-state index in [1.165, 1.54) is 15.9 Å². The van der Waals surface area contributed by atoms with Crippen molar-refractivity contribution in [3.05, 3.63) is 90.5 Å². The van der Waals surface area contributed by atoms with Crippen LogP contribution in [0.25, 0.3) is 11.2 Å². The van der Waals surface area contributed by atoms with Gasteiger partial charge in [0.15, 0.2) is 23.2 Å². The Balaban J connectivity index is 0.00000129. The number of carbonyl (C=O) groups is 1. The maximum Gasteiger partial charge on any atom is 0.290 e. The van der Waals surface area contributed by atoms with Crippen molar-refractivity contribution >= 4 is 29.4 Å². The summed E-state index contributed by atoms with van der Waals surface area (Å²) in [6, 6.07) is 21.1. The molecule has 5 aromatic rings. The van der Waals surface area contributed by atoms with Crippen molar-refractivity contribution in [2.45, 2.75) is 74.8 Å². The number of aromatic nitrogens is 7. The third kappa shape index (κ3) is 7.44. The summed E-state index contributed by atoms with van der Waals surface area (Å²) in [5.41, 5.74) is 9.53. The molecule has 2 fully saturated rings. The standard InChI is InChI=1S/C32H38N10O3.CH2O2/c33-22-11-13-23(14-12-22)38-32-39-29(34-17-24(20-7-3-1-4-8-20)21-9-5-2-6-10-21)26-30(40-32)41(19-35-26)31-28(44)27(43)25(45-31)18-42-36-15-16-37-42;2-1-3/h1-10,15-16,19,22-25,27-28,31,43-44H,11-14,17-18,33H2,(H2,34,38,39,40);1H,(H,2,3)/t22-,23-,25-,27-,28-,31-;/m1./s1. The van der Waals surface area contributed by atoms with Crippen LogP contribution < -0.4 is 16.4 Å². The normalized spacial score (nSPS) is 23.8. The number of hydrogen-bond donors (Lipinski definition) is 6. The number of carboxylic acid groups (broad SMARTS) is 1. The molecule has 2 aromatic carbocycles. The Bertz CT molecular complexity index is 1690. The Hall–Kier alpha value is -4.96. The van der Waals surface area contributed by atoms with Crippen molar-refractivity contribution in [2.75, 3.05) is 17.2 Å². The van der Waals surface area contributed by atoms with Crippen molar-refractivity contribution in [1.29, 1.82) is 0 Å². The van der Waals surface area contributed by atoms with Gasteiger partial charge in [-0.15, -0.1) is 0 Å². The second kappa shape index (κ2) is 15.3. The highest BCUT2D eigenvalue weighted by Gasteiger charge is 2.45. The molecular weight excluding hydrogens is 616 g/mol. The minimum atomic E-state index is -1.22. The largest absolute Gasteiger partial charge is 0.483 e. The second-order valence-corrected chi connectivity index (χ2v) is 12.0. The monoisotopic (exact) mass is 656 g/mol. The van der Waals surface area contributed by atoms with E-state index in [2.05, 4.69) is 50.1 Å². The lowest BCUT2D eigenvalue weighted by Crippen LogP contribution is -2.34. The van der Waals surface area contributed by atoms with Gasteiger partial charge in [0.05, 0.1) is 25.3 Å². The zero-order valence-corrected chi connectivity index (χ0v) is 26.2. The molecule has 0 radical (unpaired) electrons. The number of fused-ring (bicyclic) bond motifs is 1. The zero-order valence-electron chi connectivity index (χ0n) is 26.2. The maximum atomic E-state index is 11.1. The van der Waals surface area contributed by atoms with Crippen molar-refractivity contribution in [1.82, 2.24) is 34.5 Å². The first kappa shape index (κ1) is 33.0. The average Bonchev–Trinajstić information content (AvgIpc) is 3.84. The van der Waals surface area contributed by atoms with E-state index >= 15 is 0 Å². The van der Waals surface area contributed by atoms with Crippen LogP contribution in [0.15, 0.2) is 79.4 Å². The van der Waals surface area contributed by atoms with Crippen molar-refractivity contribution in [2.24, 2.45) is 5.73 Å². The first-order chi connectivity index (χ1) is 23.4. The van der Waals surface area contributed by atoms with Crippen molar-refractivity contribution < 1.29 is 24.9 Å². The summed E-state index contributed by atoms with van der Waals surface area (Å²) in [5.74, 6) is 1.08. The summed E-state index contributed by atoms with van der Waals surface area (Å²) >= 11 is 0. The number of aliphatic hydroxyl groups excluding tert-OH is 2. The highest BCUT2D eigenvalue weighted by molar-refractivity contribution is 5.84. The fraction of sp³-hybridized carbons (Fsp3) is 0.394. The minimum Gasteiger partial charge on any atom is -0.483 e. The highest BCUT2D eigenvalue weighted by atomic mass is 16.6. The lowest BCUT2D eigenvalue weighted by Gasteiger charge is -2.27. The predicted molar refractivity (Wildman–Crippen MR) is 177 cm³/mol. The number of hydrogen-bond acceptors (Lipinski definition) is 12. The molecule has 0 unspecified atom stereocenters. The van der Waals surface area contributed by atoms with Gasteiger partial charge in [0, 0.05) is 24.5 Å². The van der Waals surface area contributed by atoms with Gasteiger partial charge in [0.25, 0.3) is 6.47 Å². The summed E-state index contributed by atoms with van der Waals surface area (Å²) < 4.78 is 7.84. The third-order valence-corrected chi connectivity index (χ3v) is 8.83. The molecule has 3 aromatic heterocycles. The van der Waals surface area contributed by atoms with Gasteiger partial charge in [0.1, 0.15) is 18.3 Å². The number of nitrogens with zero attached hydrogens (tertiary/aromatic N) is 7. The van der Waals surface area contributed by atoms with E-state index < -0.39 is 24.5 Å². The maximum absolute atomic E-state index is 11.1. The number of ether oxygens (including phenoxy) is 1. The summed E-state index contributed by atoms with van der Waals surface area (Å²) in [6.07, 6.45) is 4.39. The van der Waals surface area contributed by atoms with Crippen LogP contribution in [-0.4, -0.2) is 93.2 Å². The van der Waals surface area contributed by atoms with E-state index in [0.717, 1.165) is 25.7 Å². The van der Waals surface area contributed by atoms with Crippen molar-refractivity contribution in [3.8, 4) is 0 Å². The smallest absolute Gasteiger partial charge is 0.290 e. The van der Waals surface area contributed by atoms with Crippen LogP contribution in [0.5, 0.6) is 0 Å². The van der Waals surface area contributed by atoms with Gasteiger partial charge < -0.3 is 36.4 Å². The van der Waals surface area contributed by atoms with Crippen LogP contribution in [0.3, 0.4) is 0 Å². The molecule has 1 saturated carbocycles. The molecule has 4 atom stereocenters. The Morgan fingerprint density at radius 3 is 2.19 bits per heavy atom. The average molecular weight is 657 g/mol. The number of imidazole rings is 1. The minimum absolute atomic E-state index is 0.0579. The first-order valence-electron chi connectivity index (χ1n) is 16.0. The van der Waals surface area contributed by atoms with Crippen LogP contribution >= 0.6 is 0 Å². The molecule has 1 aliphatic heterocycles. The summed E-state index contributed by atoms with van der Waals surface area (Å²) in [5, 5.41) is 44.1. The molecule has 48 heavy (non-hydrogen) atoms. The Morgan fingerprint density at radius 1 is 0.938 bits per heavy atom. The van der Waals surface area contributed by atoms with Crippen molar-refractivity contribution in [3.63, 3.8) is 0 Å². The SMILES string of the molecule is N[C@H]1CC[C@H](Nc2nc(NCC(c3ccccc3)c3ccccc3)c3ncn([C@@H]4O[C@H](Cn5nccn5)[C@@H](O)[C@H]4O)c3n2)CC1.O=CO. The summed E-state index contributed by atoms with van der Waals surface area (Å²) in [6.45, 7) is 0.498. The van der Waals surface area contributed by atoms with Gasteiger partial charge >= 0.3 is 0 Å². The van der Waals surface area contributed by atoms with Crippen LogP contribution in [0.1, 0.15) is 49.0 Å². The molecule has 252 valence electrons. The molecule has 1 aliphatic carbocycles. The number of rotatable bonds is 10. The second-order valence-electron chi connectivity index (χ2n) is 12.0.